The predicted octanol–water partition coefficient (Wildman–Crippen LogP) is 2.32. The number of carbonyl (C=O) groups is 1. The van der Waals surface area contributed by atoms with Gasteiger partial charge in [-0.2, -0.15) is 0 Å². The van der Waals surface area contributed by atoms with Gasteiger partial charge in [-0.15, -0.1) is 0 Å². The van der Waals surface area contributed by atoms with E-state index in [4.69, 9.17) is 4.74 Å². The van der Waals surface area contributed by atoms with Crippen molar-refractivity contribution in [1.29, 1.82) is 0 Å². The van der Waals surface area contributed by atoms with E-state index in [0.717, 1.165) is 6.54 Å². The molecule has 0 atom stereocenters. The Balaban J connectivity index is 2.56. The van der Waals surface area contributed by atoms with Crippen LogP contribution in [-0.4, -0.2) is 30.5 Å². The summed E-state index contributed by atoms with van der Waals surface area (Å²) in [6, 6.07) is 4.73. The summed E-state index contributed by atoms with van der Waals surface area (Å²) in [5.74, 6) is -0.000784. The number of carbonyl (C=O) groups excluding carboxylic acids is 1. The number of nitro groups is 1. The SMILES string of the molecule is COc1ccc(NC(=O)CCCNC(C)C)cc1[N+](=O)[O-]. The number of methoxy groups -OCH3 is 1. The molecule has 2 N–H and O–H groups in total. The monoisotopic (exact) mass is 295 g/mol. The van der Waals surface area contributed by atoms with Gasteiger partial charge in [0.1, 0.15) is 0 Å². The molecule has 1 aromatic rings. The van der Waals surface area contributed by atoms with Gasteiger partial charge >= 0.3 is 5.69 Å². The Morgan fingerprint density at radius 3 is 2.71 bits per heavy atom. The van der Waals surface area contributed by atoms with Crippen molar-refractivity contribution in [3.63, 3.8) is 0 Å². The van der Waals surface area contributed by atoms with Gasteiger partial charge < -0.3 is 15.4 Å². The Morgan fingerprint density at radius 1 is 1.43 bits per heavy atom. The normalized spacial score (nSPS) is 10.5. The molecular weight excluding hydrogens is 274 g/mol. The van der Waals surface area contributed by atoms with Gasteiger partial charge in [0.2, 0.25) is 5.91 Å². The minimum Gasteiger partial charge on any atom is -0.490 e. The van der Waals surface area contributed by atoms with Crippen molar-refractivity contribution < 1.29 is 14.5 Å². The summed E-state index contributed by atoms with van der Waals surface area (Å²) in [6.07, 6.45) is 1.07. The maximum absolute atomic E-state index is 11.8. The molecule has 1 rings (SSSR count). The summed E-state index contributed by atoms with van der Waals surface area (Å²) in [5.41, 5.74) is 0.223. The van der Waals surface area contributed by atoms with Crippen LogP contribution in [0.5, 0.6) is 5.75 Å². The highest BCUT2D eigenvalue weighted by atomic mass is 16.6. The van der Waals surface area contributed by atoms with Crippen molar-refractivity contribution >= 4 is 17.3 Å². The molecule has 0 unspecified atom stereocenters. The lowest BCUT2D eigenvalue weighted by Gasteiger charge is -2.09. The second-order valence-electron chi connectivity index (χ2n) is 4.90. The van der Waals surface area contributed by atoms with E-state index >= 15 is 0 Å². The van der Waals surface area contributed by atoms with E-state index in [2.05, 4.69) is 10.6 Å². The quantitative estimate of drug-likeness (QED) is 0.436. The molecule has 0 aliphatic heterocycles. The summed E-state index contributed by atoms with van der Waals surface area (Å²) in [5, 5.41) is 16.8. The van der Waals surface area contributed by atoms with Crippen molar-refractivity contribution in [2.45, 2.75) is 32.7 Å². The zero-order chi connectivity index (χ0) is 15.8. The van der Waals surface area contributed by atoms with Gasteiger partial charge in [-0.3, -0.25) is 14.9 Å². The molecule has 0 bridgehead atoms. The van der Waals surface area contributed by atoms with Gasteiger partial charge in [-0.1, -0.05) is 13.8 Å². The number of benzene rings is 1. The third-order valence-corrected chi connectivity index (χ3v) is 2.79. The third-order valence-electron chi connectivity index (χ3n) is 2.79. The maximum atomic E-state index is 11.8. The van der Waals surface area contributed by atoms with Crippen molar-refractivity contribution in [2.24, 2.45) is 0 Å². The molecule has 7 nitrogen and oxygen atoms in total. The van der Waals surface area contributed by atoms with E-state index in [9.17, 15) is 14.9 Å². The number of nitro benzene ring substituents is 1. The molecule has 1 amide bonds. The predicted molar refractivity (Wildman–Crippen MR) is 80.7 cm³/mol. The number of nitrogens with zero attached hydrogens (tertiary/aromatic N) is 1. The molecule has 0 spiro atoms. The van der Waals surface area contributed by atoms with Crippen LogP contribution in [0.2, 0.25) is 0 Å². The molecule has 21 heavy (non-hydrogen) atoms. The first kappa shape index (κ1) is 16.9. The molecule has 0 fully saturated rings. The van der Waals surface area contributed by atoms with Gasteiger partial charge in [0.15, 0.2) is 5.75 Å². The topological polar surface area (TPSA) is 93.5 Å². The fourth-order valence-electron chi connectivity index (χ4n) is 1.77. The lowest BCUT2D eigenvalue weighted by Crippen LogP contribution is -2.24. The summed E-state index contributed by atoms with van der Waals surface area (Å²) in [4.78, 5) is 22.1. The van der Waals surface area contributed by atoms with Crippen LogP contribution in [0.15, 0.2) is 18.2 Å². The van der Waals surface area contributed by atoms with E-state index in [0.29, 0.717) is 24.6 Å². The number of rotatable bonds is 8. The highest BCUT2D eigenvalue weighted by Crippen LogP contribution is 2.29. The van der Waals surface area contributed by atoms with Crippen LogP contribution in [0.3, 0.4) is 0 Å². The zero-order valence-electron chi connectivity index (χ0n) is 12.5. The van der Waals surface area contributed by atoms with Crippen LogP contribution < -0.4 is 15.4 Å². The van der Waals surface area contributed by atoms with E-state index in [1.54, 1.807) is 6.07 Å². The Hall–Kier alpha value is -2.15. The summed E-state index contributed by atoms with van der Waals surface area (Å²) < 4.78 is 4.91. The van der Waals surface area contributed by atoms with E-state index in [-0.39, 0.29) is 17.3 Å². The largest absolute Gasteiger partial charge is 0.490 e. The Bertz CT molecular complexity index is 503. The van der Waals surface area contributed by atoms with Gasteiger partial charge in [-0.25, -0.2) is 0 Å². The van der Waals surface area contributed by atoms with E-state index in [1.807, 2.05) is 13.8 Å². The summed E-state index contributed by atoms with van der Waals surface area (Å²) in [7, 11) is 1.36. The molecule has 0 aromatic heterocycles. The van der Waals surface area contributed by atoms with Gasteiger partial charge in [-0.05, 0) is 25.1 Å². The number of amides is 1. The first-order valence-corrected chi connectivity index (χ1v) is 6.79. The molecule has 1 aromatic carbocycles. The average molecular weight is 295 g/mol. The second-order valence-corrected chi connectivity index (χ2v) is 4.90. The van der Waals surface area contributed by atoms with E-state index < -0.39 is 4.92 Å². The Labute approximate surface area is 123 Å². The summed E-state index contributed by atoms with van der Waals surface area (Å²) >= 11 is 0. The highest BCUT2D eigenvalue weighted by molar-refractivity contribution is 5.91. The first-order valence-electron chi connectivity index (χ1n) is 6.79. The second kappa shape index (κ2) is 8.21. The number of anilines is 1. The van der Waals surface area contributed by atoms with Crippen LogP contribution in [0.1, 0.15) is 26.7 Å². The Kier molecular flexibility index (Phi) is 6.61. The summed E-state index contributed by atoms with van der Waals surface area (Å²) in [6.45, 7) is 4.83. The van der Waals surface area contributed by atoms with Crippen LogP contribution >= 0.6 is 0 Å². The Morgan fingerprint density at radius 2 is 2.14 bits per heavy atom. The van der Waals surface area contributed by atoms with E-state index in [1.165, 1.54) is 19.2 Å². The van der Waals surface area contributed by atoms with Gasteiger partial charge in [0, 0.05) is 24.2 Å². The molecular formula is C14H21N3O4. The number of nitrogens with one attached hydrogen (secondary N) is 2. The van der Waals surface area contributed by atoms with Crippen molar-refractivity contribution in [3.05, 3.63) is 28.3 Å². The highest BCUT2D eigenvalue weighted by Gasteiger charge is 2.15. The van der Waals surface area contributed by atoms with Gasteiger partial charge in [0.25, 0.3) is 0 Å². The van der Waals surface area contributed by atoms with Gasteiger partial charge in [0.05, 0.1) is 12.0 Å². The molecule has 0 aliphatic rings. The first-order chi connectivity index (χ1) is 9.93. The zero-order valence-corrected chi connectivity index (χ0v) is 12.5. The fraction of sp³-hybridized carbons (Fsp3) is 0.500. The maximum Gasteiger partial charge on any atom is 0.312 e. The lowest BCUT2D eigenvalue weighted by molar-refractivity contribution is -0.385. The van der Waals surface area contributed by atoms with Crippen LogP contribution in [0.4, 0.5) is 11.4 Å². The fourth-order valence-corrected chi connectivity index (χ4v) is 1.77. The molecule has 0 aliphatic carbocycles. The molecule has 7 heteroatoms. The minimum atomic E-state index is -0.541. The van der Waals surface area contributed by atoms with Crippen molar-refractivity contribution in [1.82, 2.24) is 5.32 Å². The molecule has 0 saturated carbocycles. The molecule has 0 radical (unpaired) electrons. The average Bonchev–Trinajstić information content (AvgIpc) is 2.43. The number of hydrogen-bond acceptors (Lipinski definition) is 5. The number of ether oxygens (including phenoxy) is 1. The van der Waals surface area contributed by atoms with Crippen LogP contribution in [0.25, 0.3) is 0 Å². The van der Waals surface area contributed by atoms with Crippen LogP contribution in [-0.2, 0) is 4.79 Å². The number of hydrogen-bond donors (Lipinski definition) is 2. The minimum absolute atomic E-state index is 0.166. The van der Waals surface area contributed by atoms with Crippen molar-refractivity contribution in [2.75, 3.05) is 19.0 Å². The molecule has 116 valence electrons. The standard InChI is InChI=1S/C14H21N3O4/c1-10(2)15-8-4-5-14(18)16-11-6-7-13(21-3)12(9-11)17(19)20/h6-7,9-10,15H,4-5,8H2,1-3H3,(H,16,18). The lowest BCUT2D eigenvalue weighted by atomic mass is 10.2. The molecule has 0 saturated heterocycles. The smallest absolute Gasteiger partial charge is 0.312 e. The molecule has 0 heterocycles. The van der Waals surface area contributed by atoms with Crippen LogP contribution in [0, 0.1) is 10.1 Å². The van der Waals surface area contributed by atoms with Crippen molar-refractivity contribution in [3.8, 4) is 5.75 Å². The third kappa shape index (κ3) is 5.78.